The van der Waals surface area contributed by atoms with E-state index in [4.69, 9.17) is 4.74 Å². The van der Waals surface area contributed by atoms with Crippen molar-refractivity contribution in [1.29, 1.82) is 0 Å². The van der Waals surface area contributed by atoms with Crippen LogP contribution in [0.25, 0.3) is 11.0 Å². The van der Waals surface area contributed by atoms with Crippen LogP contribution in [-0.2, 0) is 6.54 Å². The van der Waals surface area contributed by atoms with Crippen LogP contribution in [0.3, 0.4) is 0 Å². The van der Waals surface area contributed by atoms with Crippen LogP contribution in [-0.4, -0.2) is 51.9 Å². The van der Waals surface area contributed by atoms with E-state index in [9.17, 15) is 4.79 Å². The van der Waals surface area contributed by atoms with E-state index in [1.54, 1.807) is 6.33 Å². The van der Waals surface area contributed by atoms with E-state index in [-0.39, 0.29) is 5.91 Å². The van der Waals surface area contributed by atoms with Crippen LogP contribution < -0.4 is 4.74 Å². The predicted molar refractivity (Wildman–Crippen MR) is 120 cm³/mol. The summed E-state index contributed by atoms with van der Waals surface area (Å²) in [5.41, 5.74) is 3.71. The number of carbonyl (C=O) groups excluding carboxylic acids is 1. The Kier molecular flexibility index (Phi) is 5.37. The van der Waals surface area contributed by atoms with Gasteiger partial charge >= 0.3 is 0 Å². The summed E-state index contributed by atoms with van der Waals surface area (Å²) in [5, 5.41) is 0. The van der Waals surface area contributed by atoms with Crippen molar-refractivity contribution in [3.8, 4) is 11.5 Å². The molecule has 0 radical (unpaired) electrons. The third kappa shape index (κ3) is 4.44. The maximum atomic E-state index is 12.9. The second-order valence-electron chi connectivity index (χ2n) is 7.76. The standard InChI is InChI=1S/C25H24N4O2/c30-25(20-8-11-23-24(16-20)27-18-26-23)29-14-12-28(13-15-29)17-19-6-9-22(10-7-19)31-21-4-2-1-3-5-21/h1-11,16,18H,12-15,17H2,(H,26,27). The molecule has 5 rings (SSSR count). The fraction of sp³-hybridized carbons (Fsp3) is 0.200. The number of hydrogen-bond donors (Lipinski definition) is 1. The van der Waals surface area contributed by atoms with Crippen LogP contribution in [0.2, 0.25) is 0 Å². The van der Waals surface area contributed by atoms with Crippen LogP contribution in [0.4, 0.5) is 0 Å². The van der Waals surface area contributed by atoms with Crippen molar-refractivity contribution in [2.45, 2.75) is 6.54 Å². The molecule has 6 heteroatoms. The van der Waals surface area contributed by atoms with E-state index in [0.29, 0.717) is 5.56 Å². The minimum Gasteiger partial charge on any atom is -0.457 e. The van der Waals surface area contributed by atoms with Crippen molar-refractivity contribution in [2.24, 2.45) is 0 Å². The lowest BCUT2D eigenvalue weighted by atomic mass is 10.1. The Morgan fingerprint density at radius 1 is 0.903 bits per heavy atom. The van der Waals surface area contributed by atoms with Crippen LogP contribution in [0.15, 0.2) is 79.1 Å². The van der Waals surface area contributed by atoms with Crippen molar-refractivity contribution in [3.05, 3.63) is 90.3 Å². The highest BCUT2D eigenvalue weighted by atomic mass is 16.5. The van der Waals surface area contributed by atoms with Crippen molar-refractivity contribution in [1.82, 2.24) is 19.8 Å². The number of rotatable bonds is 5. The fourth-order valence-electron chi connectivity index (χ4n) is 3.90. The number of aromatic amines is 1. The quantitative estimate of drug-likeness (QED) is 0.531. The minimum absolute atomic E-state index is 0.0759. The van der Waals surface area contributed by atoms with Gasteiger partial charge in [-0.25, -0.2) is 4.98 Å². The molecule has 6 nitrogen and oxygen atoms in total. The summed E-state index contributed by atoms with van der Waals surface area (Å²) in [4.78, 5) is 24.5. The summed E-state index contributed by atoms with van der Waals surface area (Å²) in [6.07, 6.45) is 1.65. The molecule has 0 unspecified atom stereocenters. The molecule has 1 saturated heterocycles. The van der Waals surface area contributed by atoms with Gasteiger partial charge in [0.05, 0.1) is 17.4 Å². The highest BCUT2D eigenvalue weighted by molar-refractivity contribution is 5.97. The van der Waals surface area contributed by atoms with Gasteiger partial charge in [0.25, 0.3) is 5.91 Å². The van der Waals surface area contributed by atoms with Crippen molar-refractivity contribution < 1.29 is 9.53 Å². The number of piperazine rings is 1. The van der Waals surface area contributed by atoms with E-state index in [1.165, 1.54) is 5.56 Å². The molecule has 0 saturated carbocycles. The molecule has 0 atom stereocenters. The number of fused-ring (bicyclic) bond motifs is 1. The number of nitrogens with zero attached hydrogens (tertiary/aromatic N) is 3. The number of ether oxygens (including phenoxy) is 1. The molecular weight excluding hydrogens is 388 g/mol. The van der Waals surface area contributed by atoms with Gasteiger partial charge in [0, 0.05) is 38.3 Å². The van der Waals surface area contributed by atoms with Crippen molar-refractivity contribution >= 4 is 16.9 Å². The maximum Gasteiger partial charge on any atom is 0.254 e. The number of benzene rings is 3. The van der Waals surface area contributed by atoms with Gasteiger partial charge in [0.15, 0.2) is 0 Å². The first kappa shape index (κ1) is 19.3. The molecule has 1 fully saturated rings. The fourth-order valence-corrected chi connectivity index (χ4v) is 3.90. The lowest BCUT2D eigenvalue weighted by Crippen LogP contribution is -2.48. The number of nitrogens with one attached hydrogen (secondary N) is 1. The van der Waals surface area contributed by atoms with E-state index < -0.39 is 0 Å². The van der Waals surface area contributed by atoms with Gasteiger partial charge in [0.2, 0.25) is 0 Å². The Bertz CT molecular complexity index is 1160. The average molecular weight is 412 g/mol. The normalized spacial score (nSPS) is 14.6. The van der Waals surface area contributed by atoms with E-state index in [2.05, 4.69) is 27.0 Å². The molecule has 1 amide bonds. The monoisotopic (exact) mass is 412 g/mol. The predicted octanol–water partition coefficient (Wildman–Crippen LogP) is 4.31. The second-order valence-corrected chi connectivity index (χ2v) is 7.76. The molecule has 0 aliphatic carbocycles. The molecule has 1 aromatic heterocycles. The zero-order valence-corrected chi connectivity index (χ0v) is 17.2. The largest absolute Gasteiger partial charge is 0.457 e. The molecule has 1 N–H and O–H groups in total. The molecule has 1 aliphatic rings. The number of aromatic nitrogens is 2. The lowest BCUT2D eigenvalue weighted by Gasteiger charge is -2.34. The molecule has 4 aromatic rings. The first-order valence-electron chi connectivity index (χ1n) is 10.5. The van der Waals surface area contributed by atoms with Gasteiger partial charge in [-0.15, -0.1) is 0 Å². The average Bonchev–Trinajstić information content (AvgIpc) is 3.29. The van der Waals surface area contributed by atoms with E-state index in [0.717, 1.165) is 55.3 Å². The molecular formula is C25H24N4O2. The van der Waals surface area contributed by atoms with E-state index >= 15 is 0 Å². The Labute approximate surface area is 181 Å². The Balaban J connectivity index is 1.15. The van der Waals surface area contributed by atoms with Gasteiger partial charge in [-0.1, -0.05) is 30.3 Å². The van der Waals surface area contributed by atoms with Crippen LogP contribution in [0.1, 0.15) is 15.9 Å². The highest BCUT2D eigenvalue weighted by Gasteiger charge is 2.22. The zero-order chi connectivity index (χ0) is 21.0. The molecule has 31 heavy (non-hydrogen) atoms. The number of H-pyrrole nitrogens is 1. The third-order valence-corrected chi connectivity index (χ3v) is 5.64. The molecule has 156 valence electrons. The summed E-state index contributed by atoms with van der Waals surface area (Å²) in [7, 11) is 0. The SMILES string of the molecule is O=C(c1ccc2[nH]cnc2c1)N1CCN(Cc2ccc(Oc3ccccc3)cc2)CC1. The smallest absolute Gasteiger partial charge is 0.254 e. The minimum atomic E-state index is 0.0759. The Hall–Kier alpha value is -3.64. The summed E-state index contributed by atoms with van der Waals surface area (Å²) in [6, 6.07) is 23.7. The molecule has 0 bridgehead atoms. The lowest BCUT2D eigenvalue weighted by molar-refractivity contribution is 0.0628. The van der Waals surface area contributed by atoms with Gasteiger partial charge in [-0.05, 0) is 48.0 Å². The topological polar surface area (TPSA) is 61.5 Å². The summed E-state index contributed by atoms with van der Waals surface area (Å²) in [5.74, 6) is 1.74. The molecule has 2 heterocycles. The molecule has 3 aromatic carbocycles. The molecule has 1 aliphatic heterocycles. The summed E-state index contributed by atoms with van der Waals surface area (Å²) >= 11 is 0. The van der Waals surface area contributed by atoms with Gasteiger partial charge in [0.1, 0.15) is 11.5 Å². The Morgan fingerprint density at radius 3 is 2.42 bits per heavy atom. The van der Waals surface area contributed by atoms with Crippen LogP contribution in [0, 0.1) is 0 Å². The van der Waals surface area contributed by atoms with Gasteiger partial charge < -0.3 is 14.6 Å². The van der Waals surface area contributed by atoms with Crippen molar-refractivity contribution in [2.75, 3.05) is 26.2 Å². The zero-order valence-electron chi connectivity index (χ0n) is 17.2. The number of para-hydroxylation sites is 1. The van der Waals surface area contributed by atoms with Gasteiger partial charge in [-0.2, -0.15) is 0 Å². The summed E-state index contributed by atoms with van der Waals surface area (Å²) < 4.78 is 5.86. The summed E-state index contributed by atoms with van der Waals surface area (Å²) in [6.45, 7) is 4.05. The highest BCUT2D eigenvalue weighted by Crippen LogP contribution is 2.22. The van der Waals surface area contributed by atoms with Crippen LogP contribution >= 0.6 is 0 Å². The number of amides is 1. The van der Waals surface area contributed by atoms with Gasteiger partial charge in [-0.3, -0.25) is 9.69 Å². The number of carbonyl (C=O) groups is 1. The second kappa shape index (κ2) is 8.62. The van der Waals surface area contributed by atoms with Crippen molar-refractivity contribution in [3.63, 3.8) is 0 Å². The first-order valence-corrected chi connectivity index (χ1v) is 10.5. The Morgan fingerprint density at radius 2 is 1.65 bits per heavy atom. The first-order chi connectivity index (χ1) is 15.2. The number of hydrogen-bond acceptors (Lipinski definition) is 4. The van der Waals surface area contributed by atoms with Crippen LogP contribution in [0.5, 0.6) is 11.5 Å². The number of imidazole rings is 1. The maximum absolute atomic E-state index is 12.9. The molecule has 0 spiro atoms. The third-order valence-electron chi connectivity index (χ3n) is 5.64. The van der Waals surface area contributed by atoms with E-state index in [1.807, 2.05) is 65.6 Å².